The SMILES string of the molecule is C=CC(COC(c1ccccc1)(c1ccccc1)c1ccccc1)OC/C=N/N=O. The summed E-state index contributed by atoms with van der Waals surface area (Å²) >= 11 is 0. The first-order valence-electron chi connectivity index (χ1n) is 9.70. The number of nitroso groups, excluding NO2 is 1. The van der Waals surface area contributed by atoms with E-state index in [9.17, 15) is 4.91 Å². The van der Waals surface area contributed by atoms with Crippen LogP contribution >= 0.6 is 0 Å². The number of nitrogens with zero attached hydrogens (tertiary/aromatic N) is 2. The van der Waals surface area contributed by atoms with E-state index in [0.717, 1.165) is 16.7 Å². The summed E-state index contributed by atoms with van der Waals surface area (Å²) in [6.07, 6.45) is 2.59. The second kappa shape index (κ2) is 11.0. The van der Waals surface area contributed by atoms with Crippen molar-refractivity contribution in [2.24, 2.45) is 10.4 Å². The van der Waals surface area contributed by atoms with Crippen molar-refractivity contribution in [2.45, 2.75) is 11.7 Å². The molecular weight excluding hydrogens is 376 g/mol. The lowest BCUT2D eigenvalue weighted by molar-refractivity contribution is -0.0408. The Kier molecular flexibility index (Phi) is 7.78. The van der Waals surface area contributed by atoms with E-state index in [-0.39, 0.29) is 13.2 Å². The third kappa shape index (κ3) is 4.95. The van der Waals surface area contributed by atoms with Crippen LogP contribution in [0, 0.1) is 4.91 Å². The van der Waals surface area contributed by atoms with Gasteiger partial charge in [-0.25, -0.2) is 0 Å². The van der Waals surface area contributed by atoms with Crippen LogP contribution in [-0.2, 0) is 15.1 Å². The second-order valence-corrected chi connectivity index (χ2v) is 6.58. The average molecular weight is 400 g/mol. The molecule has 0 bridgehead atoms. The summed E-state index contributed by atoms with van der Waals surface area (Å²) < 4.78 is 12.4. The first kappa shape index (κ1) is 21.3. The fourth-order valence-electron chi connectivity index (χ4n) is 3.39. The van der Waals surface area contributed by atoms with Crippen LogP contribution in [0.15, 0.2) is 114 Å². The van der Waals surface area contributed by atoms with Gasteiger partial charge in [-0.05, 0) is 16.7 Å². The predicted octanol–water partition coefficient (Wildman–Crippen LogP) is 5.32. The third-order valence-electron chi connectivity index (χ3n) is 4.78. The number of hydrogen-bond acceptors (Lipinski definition) is 4. The van der Waals surface area contributed by atoms with Gasteiger partial charge in [-0.3, -0.25) is 0 Å². The Hall–Kier alpha value is -3.41. The number of benzene rings is 3. The molecule has 0 aliphatic heterocycles. The summed E-state index contributed by atoms with van der Waals surface area (Å²) in [7, 11) is 0. The van der Waals surface area contributed by atoms with Gasteiger partial charge in [-0.1, -0.05) is 97.1 Å². The zero-order valence-corrected chi connectivity index (χ0v) is 16.6. The zero-order valence-electron chi connectivity index (χ0n) is 16.6. The molecule has 0 saturated heterocycles. The van der Waals surface area contributed by atoms with Gasteiger partial charge in [0.15, 0.2) is 0 Å². The van der Waals surface area contributed by atoms with Crippen LogP contribution in [-0.4, -0.2) is 25.5 Å². The Labute approximate surface area is 176 Å². The fourth-order valence-corrected chi connectivity index (χ4v) is 3.39. The summed E-state index contributed by atoms with van der Waals surface area (Å²) in [6.45, 7) is 4.24. The van der Waals surface area contributed by atoms with Gasteiger partial charge in [0.25, 0.3) is 0 Å². The van der Waals surface area contributed by atoms with Gasteiger partial charge in [0, 0.05) is 0 Å². The highest BCUT2D eigenvalue weighted by atomic mass is 16.5. The molecule has 3 aromatic rings. The Bertz CT molecular complexity index is 847. The number of rotatable bonds is 11. The molecule has 1 atom stereocenters. The molecule has 152 valence electrons. The minimum absolute atomic E-state index is 0.140. The average Bonchev–Trinajstić information content (AvgIpc) is 2.83. The van der Waals surface area contributed by atoms with Gasteiger partial charge >= 0.3 is 0 Å². The van der Waals surface area contributed by atoms with Crippen LogP contribution in [0.4, 0.5) is 0 Å². The second-order valence-electron chi connectivity index (χ2n) is 6.58. The molecule has 0 N–H and O–H groups in total. The van der Waals surface area contributed by atoms with Crippen LogP contribution in [0.1, 0.15) is 16.7 Å². The van der Waals surface area contributed by atoms with Crippen molar-refractivity contribution in [3.63, 3.8) is 0 Å². The zero-order chi connectivity index (χ0) is 21.1. The molecule has 0 aromatic heterocycles. The van der Waals surface area contributed by atoms with Crippen molar-refractivity contribution in [3.05, 3.63) is 125 Å². The van der Waals surface area contributed by atoms with E-state index in [1.165, 1.54) is 6.21 Å². The molecule has 5 heteroatoms. The summed E-state index contributed by atoms with van der Waals surface area (Å²) in [5.41, 5.74) is 2.21. The third-order valence-corrected chi connectivity index (χ3v) is 4.78. The van der Waals surface area contributed by atoms with Crippen molar-refractivity contribution in [1.29, 1.82) is 0 Å². The Morgan fingerprint density at radius 2 is 1.30 bits per heavy atom. The molecule has 3 aromatic carbocycles. The Balaban J connectivity index is 2.02. The molecular formula is C25H24N2O3. The van der Waals surface area contributed by atoms with Gasteiger partial charge in [0.1, 0.15) is 5.60 Å². The topological polar surface area (TPSA) is 60.2 Å². The summed E-state index contributed by atoms with van der Waals surface area (Å²) in [4.78, 5) is 10.1. The van der Waals surface area contributed by atoms with Crippen LogP contribution in [0.3, 0.4) is 0 Å². The van der Waals surface area contributed by atoms with Crippen molar-refractivity contribution >= 4 is 6.21 Å². The maximum absolute atomic E-state index is 10.1. The van der Waals surface area contributed by atoms with E-state index in [1.807, 2.05) is 54.6 Å². The highest BCUT2D eigenvalue weighted by Gasteiger charge is 2.37. The highest BCUT2D eigenvalue weighted by molar-refractivity contribution is 5.58. The lowest BCUT2D eigenvalue weighted by Crippen LogP contribution is -2.36. The smallest absolute Gasteiger partial charge is 0.143 e. The van der Waals surface area contributed by atoms with Crippen LogP contribution in [0.5, 0.6) is 0 Å². The van der Waals surface area contributed by atoms with Crippen LogP contribution in [0.25, 0.3) is 0 Å². The molecule has 3 rings (SSSR count). The number of hydrogen-bond donors (Lipinski definition) is 0. The monoisotopic (exact) mass is 400 g/mol. The first-order chi connectivity index (χ1) is 14.8. The van der Waals surface area contributed by atoms with Crippen LogP contribution < -0.4 is 0 Å². The Morgan fingerprint density at radius 3 is 1.70 bits per heavy atom. The summed E-state index contributed by atoms with van der Waals surface area (Å²) in [6, 6.07) is 30.4. The van der Waals surface area contributed by atoms with E-state index in [0.29, 0.717) is 0 Å². The molecule has 0 amide bonds. The molecule has 0 aliphatic carbocycles. The van der Waals surface area contributed by atoms with Gasteiger partial charge in [0.2, 0.25) is 0 Å². The van der Waals surface area contributed by atoms with Crippen molar-refractivity contribution in [2.75, 3.05) is 13.2 Å². The minimum atomic E-state index is -0.827. The lowest BCUT2D eigenvalue weighted by atomic mass is 9.80. The van der Waals surface area contributed by atoms with E-state index < -0.39 is 11.7 Å². The lowest BCUT2D eigenvalue weighted by Gasteiger charge is -2.36. The maximum atomic E-state index is 10.1. The molecule has 1 unspecified atom stereocenters. The van der Waals surface area contributed by atoms with Crippen molar-refractivity contribution < 1.29 is 9.47 Å². The van der Waals surface area contributed by atoms with Crippen LogP contribution in [0.2, 0.25) is 0 Å². The minimum Gasteiger partial charge on any atom is -0.366 e. The first-order valence-corrected chi connectivity index (χ1v) is 9.70. The molecule has 5 nitrogen and oxygen atoms in total. The molecule has 0 heterocycles. The maximum Gasteiger partial charge on any atom is 0.143 e. The van der Waals surface area contributed by atoms with E-state index >= 15 is 0 Å². The van der Waals surface area contributed by atoms with E-state index in [1.54, 1.807) is 6.08 Å². The molecule has 0 radical (unpaired) electrons. The van der Waals surface area contributed by atoms with Crippen molar-refractivity contribution in [3.8, 4) is 0 Å². The van der Waals surface area contributed by atoms with Gasteiger partial charge in [0.05, 0.1) is 30.8 Å². The van der Waals surface area contributed by atoms with Crippen molar-refractivity contribution in [1.82, 2.24) is 0 Å². The van der Waals surface area contributed by atoms with Gasteiger partial charge in [-0.15, -0.1) is 16.6 Å². The van der Waals surface area contributed by atoms with E-state index in [4.69, 9.17) is 9.47 Å². The molecule has 0 spiro atoms. The molecule has 0 saturated carbocycles. The number of ether oxygens (including phenoxy) is 2. The predicted molar refractivity (Wildman–Crippen MR) is 119 cm³/mol. The molecule has 0 aliphatic rings. The largest absolute Gasteiger partial charge is 0.366 e. The van der Waals surface area contributed by atoms with E-state index in [2.05, 4.69) is 53.4 Å². The molecule has 0 fully saturated rings. The summed E-state index contributed by atoms with van der Waals surface area (Å²) in [5.74, 6) is 0. The summed E-state index contributed by atoms with van der Waals surface area (Å²) in [5, 5.41) is 5.72. The quantitative estimate of drug-likeness (QED) is 0.144. The standard InChI is InChI=1S/C25H24N2O3/c1-2-24(29-19-18-26-27-28)20-30-25(21-12-6-3-7-13-21,22-14-8-4-9-15-22)23-16-10-5-11-17-23/h2-18,24H,1,19-20H2/b26-18+. The molecule has 30 heavy (non-hydrogen) atoms. The normalized spacial score (nSPS) is 12.5. The fraction of sp³-hybridized carbons (Fsp3) is 0.160. The highest BCUT2D eigenvalue weighted by Crippen LogP contribution is 2.40. The van der Waals surface area contributed by atoms with Gasteiger partial charge < -0.3 is 9.47 Å². The Morgan fingerprint density at radius 1 is 0.833 bits per heavy atom. The van der Waals surface area contributed by atoms with Gasteiger partial charge in [-0.2, -0.15) is 0 Å².